The maximum Gasteiger partial charge on any atom is 0.264 e. The number of sulfonamides is 1. The molecule has 0 radical (unpaired) electrons. The lowest BCUT2D eigenvalue weighted by atomic mass is 10.0. The third kappa shape index (κ3) is 5.43. The Morgan fingerprint density at radius 2 is 1.93 bits per heavy atom. The minimum absolute atomic E-state index is 0.00914. The van der Waals surface area contributed by atoms with Gasteiger partial charge < -0.3 is 10.2 Å². The highest BCUT2D eigenvalue weighted by Crippen LogP contribution is 2.20. The van der Waals surface area contributed by atoms with E-state index in [9.17, 15) is 17.6 Å². The highest BCUT2D eigenvalue weighted by Gasteiger charge is 2.30. The van der Waals surface area contributed by atoms with Gasteiger partial charge in [-0.1, -0.05) is 35.5 Å². The summed E-state index contributed by atoms with van der Waals surface area (Å²) >= 11 is 0. The fourth-order valence-corrected chi connectivity index (χ4v) is 4.68. The van der Waals surface area contributed by atoms with Crippen molar-refractivity contribution in [3.63, 3.8) is 0 Å². The third-order valence-corrected chi connectivity index (χ3v) is 6.13. The minimum atomic E-state index is -3.76. The molecule has 9 heteroatoms. The highest BCUT2D eigenvalue weighted by molar-refractivity contribution is 7.89. The number of benzene rings is 2. The number of halogens is 1. The molecule has 3 rings (SSSR count). The molecule has 0 saturated carbocycles. The van der Waals surface area contributed by atoms with Crippen LogP contribution >= 0.6 is 0 Å². The monoisotopic (exact) mass is 433 g/mol. The van der Waals surface area contributed by atoms with E-state index in [1.165, 1.54) is 18.2 Å². The van der Waals surface area contributed by atoms with Crippen molar-refractivity contribution in [3.05, 3.63) is 65.5 Å². The molecule has 0 fully saturated rings. The summed E-state index contributed by atoms with van der Waals surface area (Å²) in [7, 11) is -3.76. The molecule has 0 spiro atoms. The van der Waals surface area contributed by atoms with Crippen molar-refractivity contribution < 1.29 is 22.4 Å². The zero-order valence-corrected chi connectivity index (χ0v) is 17.8. The molecule has 7 nitrogen and oxygen atoms in total. The van der Waals surface area contributed by atoms with Crippen LogP contribution in [0.4, 0.5) is 4.39 Å². The smallest absolute Gasteiger partial charge is 0.264 e. The molecule has 1 aliphatic heterocycles. The summed E-state index contributed by atoms with van der Waals surface area (Å²) in [5, 5.41) is 6.58. The summed E-state index contributed by atoms with van der Waals surface area (Å²) in [6, 6.07) is 12.4. The Kier molecular flexibility index (Phi) is 6.23. The minimum Gasteiger partial charge on any atom is -0.382 e. The molecule has 2 N–H and O–H groups in total. The number of nitrogens with one attached hydrogen (secondary N) is 2. The second-order valence-electron chi connectivity index (χ2n) is 8.03. The van der Waals surface area contributed by atoms with Gasteiger partial charge in [0.05, 0.1) is 10.6 Å². The van der Waals surface area contributed by atoms with Gasteiger partial charge in [0.15, 0.2) is 0 Å². The first-order valence-corrected chi connectivity index (χ1v) is 10.9. The maximum absolute atomic E-state index is 13.4. The van der Waals surface area contributed by atoms with Crippen molar-refractivity contribution in [2.24, 2.45) is 5.16 Å². The van der Waals surface area contributed by atoms with Crippen LogP contribution in [0.25, 0.3) is 0 Å². The Hall–Kier alpha value is -2.78. The van der Waals surface area contributed by atoms with Crippen LogP contribution in [-0.2, 0) is 26.2 Å². The fourth-order valence-electron chi connectivity index (χ4n) is 3.02. The van der Waals surface area contributed by atoms with Crippen molar-refractivity contribution in [3.8, 4) is 0 Å². The standard InChI is InChI=1S/C21H24FN3O4S/c1-21(2,3)25-30(27,28)19-10-5-4-7-15(19)13-23-20(26)18-12-17(24-29-18)14-8-6-9-16(22)11-14/h4-11,18,25H,12-13H2,1-3H3,(H,23,26). The number of nitrogens with zero attached hydrogens (tertiary/aromatic N) is 1. The lowest BCUT2D eigenvalue weighted by molar-refractivity contribution is -0.131. The Labute approximate surface area is 175 Å². The van der Waals surface area contributed by atoms with E-state index >= 15 is 0 Å². The van der Waals surface area contributed by atoms with Crippen LogP contribution in [0.5, 0.6) is 0 Å². The molecule has 2 aromatic carbocycles. The second kappa shape index (κ2) is 8.53. The Morgan fingerprint density at radius 3 is 2.63 bits per heavy atom. The van der Waals surface area contributed by atoms with Crippen molar-refractivity contribution in [1.82, 2.24) is 10.0 Å². The average molecular weight is 434 g/mol. The summed E-state index contributed by atoms with van der Waals surface area (Å²) in [5.41, 5.74) is 0.839. The van der Waals surface area contributed by atoms with Gasteiger partial charge >= 0.3 is 0 Å². The number of hydrogen-bond donors (Lipinski definition) is 2. The number of carbonyl (C=O) groups excluding carboxylic acids is 1. The maximum atomic E-state index is 13.4. The van der Waals surface area contributed by atoms with Crippen LogP contribution in [0, 0.1) is 5.82 Å². The van der Waals surface area contributed by atoms with E-state index in [1.54, 1.807) is 51.1 Å². The van der Waals surface area contributed by atoms with Gasteiger partial charge in [0.2, 0.25) is 16.1 Å². The molecule has 1 heterocycles. The van der Waals surface area contributed by atoms with Crippen LogP contribution < -0.4 is 10.0 Å². The Morgan fingerprint density at radius 1 is 1.20 bits per heavy atom. The van der Waals surface area contributed by atoms with Gasteiger partial charge in [0, 0.05) is 24.1 Å². The van der Waals surface area contributed by atoms with Gasteiger partial charge in [-0.2, -0.15) is 0 Å². The zero-order valence-electron chi connectivity index (χ0n) is 17.0. The number of carbonyl (C=O) groups is 1. The molecular weight excluding hydrogens is 409 g/mol. The quantitative estimate of drug-likeness (QED) is 0.732. The van der Waals surface area contributed by atoms with E-state index < -0.39 is 33.4 Å². The van der Waals surface area contributed by atoms with Gasteiger partial charge in [-0.25, -0.2) is 17.5 Å². The number of oxime groups is 1. The molecule has 2 aromatic rings. The van der Waals surface area contributed by atoms with Crippen LogP contribution in [0.3, 0.4) is 0 Å². The molecule has 1 aliphatic rings. The Bertz CT molecular complexity index is 1080. The Balaban J connectivity index is 1.65. The predicted molar refractivity (Wildman–Crippen MR) is 111 cm³/mol. The van der Waals surface area contributed by atoms with E-state index in [2.05, 4.69) is 15.2 Å². The van der Waals surface area contributed by atoms with Gasteiger partial charge in [0.25, 0.3) is 5.91 Å². The molecule has 1 atom stereocenters. The summed E-state index contributed by atoms with van der Waals surface area (Å²) in [4.78, 5) is 17.8. The zero-order chi connectivity index (χ0) is 21.9. The van der Waals surface area contributed by atoms with E-state index in [0.29, 0.717) is 16.8 Å². The van der Waals surface area contributed by atoms with Gasteiger partial charge in [0.1, 0.15) is 5.82 Å². The van der Waals surface area contributed by atoms with E-state index in [-0.39, 0.29) is 17.9 Å². The molecule has 1 amide bonds. The van der Waals surface area contributed by atoms with Crippen molar-refractivity contribution >= 4 is 21.6 Å². The molecule has 0 saturated heterocycles. The molecule has 0 aromatic heterocycles. The van der Waals surface area contributed by atoms with E-state index in [0.717, 1.165) is 0 Å². The summed E-state index contributed by atoms with van der Waals surface area (Å²) in [5.74, 6) is -0.828. The van der Waals surface area contributed by atoms with Gasteiger partial charge in [-0.05, 0) is 44.5 Å². The number of hydrogen-bond acceptors (Lipinski definition) is 5. The largest absolute Gasteiger partial charge is 0.382 e. The van der Waals surface area contributed by atoms with E-state index in [4.69, 9.17) is 4.84 Å². The van der Waals surface area contributed by atoms with Crippen molar-refractivity contribution in [2.75, 3.05) is 0 Å². The summed E-state index contributed by atoms with van der Waals surface area (Å²) in [6.07, 6.45) is -0.666. The summed E-state index contributed by atoms with van der Waals surface area (Å²) < 4.78 is 41.4. The van der Waals surface area contributed by atoms with Crippen molar-refractivity contribution in [2.45, 2.75) is 50.3 Å². The fraction of sp³-hybridized carbons (Fsp3) is 0.333. The predicted octanol–water partition coefficient (Wildman–Crippen LogP) is 2.71. The number of amides is 1. The topological polar surface area (TPSA) is 96.9 Å². The molecule has 0 aliphatic carbocycles. The van der Waals surface area contributed by atoms with Crippen LogP contribution in [-0.4, -0.2) is 31.7 Å². The first-order valence-electron chi connectivity index (χ1n) is 9.43. The highest BCUT2D eigenvalue weighted by atomic mass is 32.2. The SMILES string of the molecule is CC(C)(C)NS(=O)(=O)c1ccccc1CNC(=O)C1CC(c2cccc(F)c2)=NO1. The molecular formula is C21H24FN3O4S. The molecule has 1 unspecified atom stereocenters. The number of rotatable bonds is 6. The first-order chi connectivity index (χ1) is 14.0. The third-order valence-electron chi connectivity index (χ3n) is 4.27. The van der Waals surface area contributed by atoms with Gasteiger partial charge in [-0.15, -0.1) is 0 Å². The normalized spacial score (nSPS) is 16.7. The summed E-state index contributed by atoms with van der Waals surface area (Å²) in [6.45, 7) is 5.27. The average Bonchev–Trinajstić information content (AvgIpc) is 3.15. The molecule has 0 bridgehead atoms. The van der Waals surface area contributed by atoms with Crippen LogP contribution in [0.1, 0.15) is 38.3 Å². The first kappa shape index (κ1) is 21.9. The molecule has 160 valence electrons. The lowest BCUT2D eigenvalue weighted by Gasteiger charge is -2.21. The lowest BCUT2D eigenvalue weighted by Crippen LogP contribution is -2.41. The van der Waals surface area contributed by atoms with E-state index in [1.807, 2.05) is 0 Å². The molecule has 30 heavy (non-hydrogen) atoms. The second-order valence-corrected chi connectivity index (χ2v) is 9.68. The van der Waals surface area contributed by atoms with Crippen LogP contribution in [0.2, 0.25) is 0 Å². The van der Waals surface area contributed by atoms with Gasteiger partial charge in [-0.3, -0.25) is 4.79 Å². The van der Waals surface area contributed by atoms with Crippen LogP contribution in [0.15, 0.2) is 58.6 Å². The van der Waals surface area contributed by atoms with Crippen molar-refractivity contribution in [1.29, 1.82) is 0 Å².